The van der Waals surface area contributed by atoms with Gasteiger partial charge in [0.1, 0.15) is 0 Å². The lowest BCUT2D eigenvalue weighted by Gasteiger charge is -2.41. The summed E-state index contributed by atoms with van der Waals surface area (Å²) in [5.74, 6) is 0. The largest absolute Gasteiger partial charge is 0.369 e. The van der Waals surface area contributed by atoms with Crippen molar-refractivity contribution in [3.8, 4) is 0 Å². The molecule has 0 aliphatic carbocycles. The van der Waals surface area contributed by atoms with Crippen LogP contribution in [0.25, 0.3) is 0 Å². The van der Waals surface area contributed by atoms with Gasteiger partial charge in [-0.3, -0.25) is 0 Å². The fourth-order valence-electron chi connectivity index (χ4n) is 2.43. The minimum absolute atomic E-state index is 0.278. The van der Waals surface area contributed by atoms with Crippen LogP contribution in [0.2, 0.25) is 0 Å². The predicted molar refractivity (Wildman–Crippen MR) is 58.7 cm³/mol. The van der Waals surface area contributed by atoms with Crippen LogP contribution in [0.3, 0.4) is 0 Å². The Morgan fingerprint density at radius 1 is 1.07 bits per heavy atom. The van der Waals surface area contributed by atoms with Crippen molar-refractivity contribution >= 4 is 0 Å². The molecule has 80 valence electrons. The van der Waals surface area contributed by atoms with Crippen molar-refractivity contribution in [3.05, 3.63) is 35.9 Å². The monoisotopic (exact) mass is 204 g/mol. The summed E-state index contributed by atoms with van der Waals surface area (Å²) >= 11 is 0. The number of benzene rings is 1. The summed E-state index contributed by atoms with van der Waals surface area (Å²) in [6, 6.07) is 10.9. The second-order valence-electron chi connectivity index (χ2n) is 4.25. The lowest BCUT2D eigenvalue weighted by Crippen LogP contribution is -2.58. The molecule has 2 bridgehead atoms. The molecule has 2 heterocycles. The van der Waals surface area contributed by atoms with Crippen LogP contribution in [0.1, 0.15) is 11.6 Å². The SMILES string of the molecule is c1ccc([C@@H]2NCC3CNC[C@@H]2O3)cc1. The molecule has 3 nitrogen and oxygen atoms in total. The number of rotatable bonds is 1. The van der Waals surface area contributed by atoms with E-state index in [4.69, 9.17) is 4.74 Å². The first-order valence-electron chi connectivity index (χ1n) is 5.58. The van der Waals surface area contributed by atoms with Crippen molar-refractivity contribution < 1.29 is 4.74 Å². The molecule has 2 N–H and O–H groups in total. The minimum atomic E-state index is 0.278. The third kappa shape index (κ3) is 1.78. The van der Waals surface area contributed by atoms with Crippen molar-refractivity contribution in [2.75, 3.05) is 19.6 Å². The second-order valence-corrected chi connectivity index (χ2v) is 4.25. The third-order valence-electron chi connectivity index (χ3n) is 3.18. The van der Waals surface area contributed by atoms with Crippen LogP contribution in [-0.4, -0.2) is 31.8 Å². The van der Waals surface area contributed by atoms with Crippen LogP contribution in [-0.2, 0) is 4.74 Å². The second kappa shape index (κ2) is 3.93. The molecule has 1 aromatic carbocycles. The zero-order chi connectivity index (χ0) is 10.1. The molecule has 0 spiro atoms. The smallest absolute Gasteiger partial charge is 0.0898 e. The highest BCUT2D eigenvalue weighted by Gasteiger charge is 2.34. The van der Waals surface area contributed by atoms with E-state index >= 15 is 0 Å². The van der Waals surface area contributed by atoms with Crippen LogP contribution in [0.5, 0.6) is 0 Å². The van der Waals surface area contributed by atoms with Gasteiger partial charge in [-0.1, -0.05) is 30.3 Å². The highest BCUT2D eigenvalue weighted by molar-refractivity contribution is 5.21. The van der Waals surface area contributed by atoms with Crippen molar-refractivity contribution in [1.82, 2.24) is 10.6 Å². The fourth-order valence-corrected chi connectivity index (χ4v) is 2.43. The van der Waals surface area contributed by atoms with Crippen molar-refractivity contribution in [1.29, 1.82) is 0 Å². The molecular formula is C12H16N2O. The molecule has 0 aromatic heterocycles. The molecule has 2 fully saturated rings. The Bertz CT molecular complexity index is 328. The van der Waals surface area contributed by atoms with E-state index in [1.165, 1.54) is 5.56 Å². The average molecular weight is 204 g/mol. The maximum absolute atomic E-state index is 5.96. The molecular weight excluding hydrogens is 188 g/mol. The summed E-state index contributed by atoms with van der Waals surface area (Å²) in [5, 5.41) is 6.99. The molecule has 0 amide bonds. The van der Waals surface area contributed by atoms with Gasteiger partial charge in [0.2, 0.25) is 0 Å². The topological polar surface area (TPSA) is 33.3 Å². The van der Waals surface area contributed by atoms with Gasteiger partial charge in [0.15, 0.2) is 0 Å². The molecule has 2 aliphatic heterocycles. The third-order valence-corrected chi connectivity index (χ3v) is 3.18. The molecule has 15 heavy (non-hydrogen) atoms. The first-order chi connectivity index (χ1) is 7.43. The van der Waals surface area contributed by atoms with Crippen molar-refractivity contribution in [2.45, 2.75) is 18.2 Å². The Morgan fingerprint density at radius 3 is 2.80 bits per heavy atom. The van der Waals surface area contributed by atoms with Gasteiger partial charge in [-0.25, -0.2) is 0 Å². The van der Waals surface area contributed by atoms with Crippen LogP contribution in [0.15, 0.2) is 30.3 Å². The number of fused-ring (bicyclic) bond motifs is 2. The van der Waals surface area contributed by atoms with E-state index < -0.39 is 0 Å². The summed E-state index contributed by atoms with van der Waals surface area (Å²) in [6.45, 7) is 2.87. The predicted octanol–water partition coefficient (Wildman–Crippen LogP) is 0.688. The van der Waals surface area contributed by atoms with Gasteiger partial charge in [0, 0.05) is 19.6 Å². The van der Waals surface area contributed by atoms with Gasteiger partial charge in [-0.2, -0.15) is 0 Å². The Morgan fingerprint density at radius 2 is 1.93 bits per heavy atom. The summed E-state index contributed by atoms with van der Waals surface area (Å²) < 4.78 is 5.96. The normalized spacial score (nSPS) is 35.1. The average Bonchev–Trinajstić information content (AvgIpc) is 2.31. The summed E-state index contributed by atoms with van der Waals surface area (Å²) in [7, 11) is 0. The minimum Gasteiger partial charge on any atom is -0.369 e. The van der Waals surface area contributed by atoms with E-state index in [1.807, 2.05) is 0 Å². The van der Waals surface area contributed by atoms with Crippen molar-refractivity contribution in [3.63, 3.8) is 0 Å². The van der Waals surface area contributed by atoms with Crippen molar-refractivity contribution in [2.24, 2.45) is 0 Å². The number of morpholine rings is 2. The molecule has 3 rings (SSSR count). The van der Waals surface area contributed by atoms with Gasteiger partial charge in [0.05, 0.1) is 18.2 Å². The van der Waals surface area contributed by atoms with E-state index in [0.29, 0.717) is 12.1 Å². The van der Waals surface area contributed by atoms with Crippen LogP contribution < -0.4 is 10.6 Å². The lowest BCUT2D eigenvalue weighted by atomic mass is 9.97. The molecule has 0 radical (unpaired) electrons. The Labute approximate surface area is 89.8 Å². The quantitative estimate of drug-likeness (QED) is 0.706. The molecule has 2 saturated heterocycles. The summed E-state index contributed by atoms with van der Waals surface area (Å²) in [6.07, 6.45) is 0.628. The van der Waals surface area contributed by atoms with E-state index in [1.54, 1.807) is 0 Å². The molecule has 2 aliphatic rings. The summed E-state index contributed by atoms with van der Waals surface area (Å²) in [4.78, 5) is 0. The van der Waals surface area contributed by atoms with Gasteiger partial charge in [0.25, 0.3) is 0 Å². The van der Waals surface area contributed by atoms with E-state index in [0.717, 1.165) is 19.6 Å². The zero-order valence-corrected chi connectivity index (χ0v) is 8.65. The first kappa shape index (κ1) is 9.33. The van der Waals surface area contributed by atoms with E-state index in [2.05, 4.69) is 41.0 Å². The first-order valence-corrected chi connectivity index (χ1v) is 5.58. The highest BCUT2D eigenvalue weighted by Crippen LogP contribution is 2.25. The zero-order valence-electron chi connectivity index (χ0n) is 8.65. The molecule has 3 heteroatoms. The van der Waals surface area contributed by atoms with E-state index in [9.17, 15) is 0 Å². The number of hydrogen-bond donors (Lipinski definition) is 2. The van der Waals surface area contributed by atoms with Gasteiger partial charge < -0.3 is 15.4 Å². The maximum atomic E-state index is 5.96. The Kier molecular flexibility index (Phi) is 2.44. The fraction of sp³-hybridized carbons (Fsp3) is 0.500. The Hall–Kier alpha value is -0.900. The number of ether oxygens (including phenoxy) is 1. The van der Waals surface area contributed by atoms with Crippen LogP contribution in [0.4, 0.5) is 0 Å². The molecule has 1 aromatic rings. The van der Waals surface area contributed by atoms with Gasteiger partial charge >= 0.3 is 0 Å². The molecule has 3 atom stereocenters. The number of hydrogen-bond acceptors (Lipinski definition) is 3. The van der Waals surface area contributed by atoms with Gasteiger partial charge in [-0.05, 0) is 5.56 Å². The Balaban J connectivity index is 1.81. The standard InChI is InChI=1S/C12H16N2O/c1-2-4-9(5-3-1)12-11-8-13-6-10(15-11)7-14-12/h1-5,10-14H,6-8H2/t10?,11-,12-/m0/s1. The lowest BCUT2D eigenvalue weighted by molar-refractivity contribution is -0.0838. The highest BCUT2D eigenvalue weighted by atomic mass is 16.5. The van der Waals surface area contributed by atoms with Gasteiger partial charge in [-0.15, -0.1) is 0 Å². The summed E-state index contributed by atoms with van der Waals surface area (Å²) in [5.41, 5.74) is 1.32. The van der Waals surface area contributed by atoms with Crippen LogP contribution >= 0.6 is 0 Å². The molecule has 1 unspecified atom stereocenters. The molecule has 0 saturated carbocycles. The number of nitrogens with one attached hydrogen (secondary N) is 2. The van der Waals surface area contributed by atoms with E-state index in [-0.39, 0.29) is 6.10 Å². The van der Waals surface area contributed by atoms with Crippen LogP contribution in [0, 0.1) is 0 Å². The maximum Gasteiger partial charge on any atom is 0.0898 e.